The molecule has 0 amide bonds. The molecule has 0 radical (unpaired) electrons. The highest BCUT2D eigenvalue weighted by Crippen LogP contribution is 2.26. The molecule has 0 spiro atoms. The van der Waals surface area contributed by atoms with Gasteiger partial charge in [-0.05, 0) is 0 Å². The van der Waals surface area contributed by atoms with Crippen LogP contribution in [0.3, 0.4) is 0 Å². The average molecular weight is 293 g/mol. The first kappa shape index (κ1) is 14.5. The summed E-state index contributed by atoms with van der Waals surface area (Å²) in [6, 6.07) is 3.42. The second kappa shape index (κ2) is 5.63. The Morgan fingerprint density at radius 1 is 1.15 bits per heavy atom. The zero-order valence-corrected chi connectivity index (χ0v) is 12.7. The minimum absolute atomic E-state index is 0.169. The van der Waals surface area contributed by atoms with E-state index in [2.05, 4.69) is 20.3 Å². The van der Waals surface area contributed by atoms with Gasteiger partial charge in [0.15, 0.2) is 0 Å². The van der Waals surface area contributed by atoms with Crippen LogP contribution in [0.5, 0.6) is 11.6 Å². The summed E-state index contributed by atoms with van der Waals surface area (Å²) in [6.07, 6.45) is 3.14. The predicted octanol–water partition coefficient (Wildman–Crippen LogP) is 3.66. The second-order valence-electron chi connectivity index (χ2n) is 5.36. The van der Waals surface area contributed by atoms with Gasteiger partial charge in [-0.15, -0.1) is 0 Å². The number of rotatable bonds is 3. The zero-order valence-electron chi connectivity index (χ0n) is 11.9. The van der Waals surface area contributed by atoms with Crippen LogP contribution in [-0.4, -0.2) is 22.0 Å². The third kappa shape index (κ3) is 3.57. The molecule has 0 saturated carbocycles. The molecule has 2 rings (SSSR count). The topological polar surface area (TPSA) is 59.9 Å². The van der Waals surface area contributed by atoms with E-state index in [1.165, 1.54) is 0 Å². The molecule has 20 heavy (non-hydrogen) atoms. The van der Waals surface area contributed by atoms with E-state index >= 15 is 0 Å². The van der Waals surface area contributed by atoms with Gasteiger partial charge in [0.2, 0.25) is 5.88 Å². The molecule has 0 aliphatic rings. The Bertz CT molecular complexity index is 610. The molecule has 0 aliphatic carbocycles. The number of hydrogen-bond donors (Lipinski definition) is 1. The van der Waals surface area contributed by atoms with Crippen LogP contribution >= 0.6 is 11.6 Å². The Hall–Kier alpha value is -1.88. The van der Waals surface area contributed by atoms with Gasteiger partial charge >= 0.3 is 0 Å². The van der Waals surface area contributed by atoms with Crippen molar-refractivity contribution < 1.29 is 4.74 Å². The fraction of sp³-hybridized carbons (Fsp3) is 0.357. The summed E-state index contributed by atoms with van der Waals surface area (Å²) in [7, 11) is 1.81. The molecule has 0 bridgehead atoms. The van der Waals surface area contributed by atoms with Crippen molar-refractivity contribution in [3.05, 3.63) is 35.4 Å². The van der Waals surface area contributed by atoms with Gasteiger partial charge in [0, 0.05) is 30.8 Å². The lowest BCUT2D eigenvalue weighted by atomic mass is 9.96. The third-order valence-corrected chi connectivity index (χ3v) is 2.74. The Kier molecular flexibility index (Phi) is 4.09. The summed E-state index contributed by atoms with van der Waals surface area (Å²) in [5.74, 6) is 2.40. The van der Waals surface area contributed by atoms with Crippen LogP contribution in [-0.2, 0) is 5.41 Å². The van der Waals surface area contributed by atoms with E-state index in [9.17, 15) is 0 Å². The minimum Gasteiger partial charge on any atom is -0.437 e. The molecule has 1 N–H and O–H groups in total. The van der Waals surface area contributed by atoms with E-state index in [0.29, 0.717) is 28.3 Å². The SMILES string of the molecule is CNc1cc(Oc2cncc(Cl)c2)nc(C(C)(C)C)n1. The fourth-order valence-corrected chi connectivity index (χ4v) is 1.67. The van der Waals surface area contributed by atoms with E-state index in [1.807, 2.05) is 20.8 Å². The highest BCUT2D eigenvalue weighted by molar-refractivity contribution is 6.30. The van der Waals surface area contributed by atoms with Crippen molar-refractivity contribution in [3.8, 4) is 11.6 Å². The number of aromatic nitrogens is 3. The summed E-state index contributed by atoms with van der Waals surface area (Å²) in [5.41, 5.74) is -0.169. The Labute approximate surface area is 123 Å². The third-order valence-electron chi connectivity index (χ3n) is 2.53. The molecule has 2 aromatic rings. The van der Waals surface area contributed by atoms with Crippen LogP contribution in [0.25, 0.3) is 0 Å². The number of hydrogen-bond acceptors (Lipinski definition) is 5. The maximum atomic E-state index is 5.89. The van der Waals surface area contributed by atoms with Crippen LogP contribution in [0.2, 0.25) is 5.02 Å². The maximum Gasteiger partial charge on any atom is 0.224 e. The fourth-order valence-electron chi connectivity index (χ4n) is 1.51. The smallest absolute Gasteiger partial charge is 0.224 e. The molecule has 0 aromatic carbocycles. The highest BCUT2D eigenvalue weighted by atomic mass is 35.5. The molecule has 0 aliphatic heterocycles. The lowest BCUT2D eigenvalue weighted by molar-refractivity contribution is 0.445. The number of ether oxygens (including phenoxy) is 1. The lowest BCUT2D eigenvalue weighted by Gasteiger charge is -2.18. The van der Waals surface area contributed by atoms with Crippen LogP contribution in [0.4, 0.5) is 5.82 Å². The van der Waals surface area contributed by atoms with Crippen LogP contribution < -0.4 is 10.1 Å². The van der Waals surface area contributed by atoms with Gasteiger partial charge in [-0.25, -0.2) is 4.98 Å². The summed E-state index contributed by atoms with van der Waals surface area (Å²) in [4.78, 5) is 12.8. The molecule has 2 heterocycles. The molecule has 0 fully saturated rings. The first-order valence-corrected chi connectivity index (χ1v) is 6.62. The average Bonchev–Trinajstić information content (AvgIpc) is 2.37. The van der Waals surface area contributed by atoms with E-state index in [4.69, 9.17) is 16.3 Å². The number of nitrogens with one attached hydrogen (secondary N) is 1. The van der Waals surface area contributed by atoms with Crippen molar-refractivity contribution in [2.75, 3.05) is 12.4 Å². The highest BCUT2D eigenvalue weighted by Gasteiger charge is 2.19. The predicted molar refractivity (Wildman–Crippen MR) is 79.6 cm³/mol. The summed E-state index contributed by atoms with van der Waals surface area (Å²) >= 11 is 5.89. The van der Waals surface area contributed by atoms with Gasteiger partial charge in [-0.1, -0.05) is 32.4 Å². The normalized spacial score (nSPS) is 11.2. The van der Waals surface area contributed by atoms with Crippen LogP contribution in [0, 0.1) is 0 Å². The van der Waals surface area contributed by atoms with Gasteiger partial charge in [0.1, 0.15) is 17.4 Å². The van der Waals surface area contributed by atoms with Gasteiger partial charge in [0.05, 0.1) is 11.2 Å². The van der Waals surface area contributed by atoms with E-state index in [0.717, 1.165) is 0 Å². The largest absolute Gasteiger partial charge is 0.437 e. The Morgan fingerprint density at radius 3 is 2.50 bits per heavy atom. The van der Waals surface area contributed by atoms with E-state index in [1.54, 1.807) is 31.6 Å². The number of nitrogens with zero attached hydrogens (tertiary/aromatic N) is 3. The molecule has 0 saturated heterocycles. The van der Waals surface area contributed by atoms with Crippen LogP contribution in [0.15, 0.2) is 24.5 Å². The molecule has 6 heteroatoms. The molecule has 2 aromatic heterocycles. The number of halogens is 1. The van der Waals surface area contributed by atoms with E-state index in [-0.39, 0.29) is 5.41 Å². The van der Waals surface area contributed by atoms with Crippen molar-refractivity contribution in [2.24, 2.45) is 0 Å². The maximum absolute atomic E-state index is 5.89. The molecule has 5 nitrogen and oxygen atoms in total. The molecular weight excluding hydrogens is 276 g/mol. The van der Waals surface area contributed by atoms with Crippen LogP contribution in [0.1, 0.15) is 26.6 Å². The zero-order chi connectivity index (χ0) is 14.8. The van der Waals surface area contributed by atoms with Gasteiger partial charge in [-0.3, -0.25) is 4.98 Å². The van der Waals surface area contributed by atoms with Gasteiger partial charge in [0.25, 0.3) is 0 Å². The van der Waals surface area contributed by atoms with Crippen molar-refractivity contribution in [1.29, 1.82) is 0 Å². The second-order valence-corrected chi connectivity index (χ2v) is 5.79. The molecule has 106 valence electrons. The Morgan fingerprint density at radius 2 is 1.90 bits per heavy atom. The summed E-state index contributed by atoms with van der Waals surface area (Å²) < 4.78 is 5.70. The summed E-state index contributed by atoms with van der Waals surface area (Å²) in [6.45, 7) is 6.14. The van der Waals surface area contributed by atoms with Crippen molar-refractivity contribution in [3.63, 3.8) is 0 Å². The first-order chi connectivity index (χ1) is 9.38. The molecule has 0 unspecified atom stereocenters. The Balaban J connectivity index is 2.36. The molecule has 0 atom stereocenters. The molecular formula is C14H17ClN4O. The minimum atomic E-state index is -0.169. The van der Waals surface area contributed by atoms with Crippen molar-refractivity contribution in [1.82, 2.24) is 15.0 Å². The van der Waals surface area contributed by atoms with Gasteiger partial charge < -0.3 is 10.1 Å². The quantitative estimate of drug-likeness (QED) is 0.935. The van der Waals surface area contributed by atoms with Crippen molar-refractivity contribution >= 4 is 17.4 Å². The van der Waals surface area contributed by atoms with Gasteiger partial charge in [-0.2, -0.15) is 4.98 Å². The lowest BCUT2D eigenvalue weighted by Crippen LogP contribution is -2.17. The summed E-state index contributed by atoms with van der Waals surface area (Å²) in [5, 5.41) is 3.52. The van der Waals surface area contributed by atoms with E-state index < -0.39 is 0 Å². The first-order valence-electron chi connectivity index (χ1n) is 6.24. The number of pyridine rings is 1. The van der Waals surface area contributed by atoms with Crippen molar-refractivity contribution in [2.45, 2.75) is 26.2 Å². The monoisotopic (exact) mass is 292 g/mol. The number of anilines is 1. The standard InChI is InChI=1S/C14H17ClN4O/c1-14(2,3)13-18-11(16-4)6-12(19-13)20-10-5-9(15)7-17-8-10/h5-8H,1-4H3,(H,16,18,19).